The molecule has 5 nitrogen and oxygen atoms in total. The van der Waals surface area contributed by atoms with E-state index in [0.717, 1.165) is 11.1 Å². The second kappa shape index (κ2) is 10.2. The molecule has 0 aromatic heterocycles. The van der Waals surface area contributed by atoms with Crippen molar-refractivity contribution in [1.29, 1.82) is 5.26 Å². The first kappa shape index (κ1) is 20.2. The number of hydrogen-bond donors (Lipinski definition) is 1. The van der Waals surface area contributed by atoms with Gasteiger partial charge in [0.15, 0.2) is 6.61 Å². The minimum atomic E-state index is -0.247. The van der Waals surface area contributed by atoms with Gasteiger partial charge in [-0.3, -0.25) is 4.79 Å². The Bertz CT molecular complexity index is 1030. The van der Waals surface area contributed by atoms with Crippen molar-refractivity contribution in [3.05, 3.63) is 94.5 Å². The van der Waals surface area contributed by atoms with Crippen LogP contribution in [0.5, 0.6) is 11.5 Å². The van der Waals surface area contributed by atoms with Gasteiger partial charge in [-0.1, -0.05) is 54.1 Å². The zero-order valence-corrected chi connectivity index (χ0v) is 16.4. The quantitative estimate of drug-likeness (QED) is 0.585. The van der Waals surface area contributed by atoms with Gasteiger partial charge in [-0.05, 0) is 35.9 Å². The highest BCUT2D eigenvalue weighted by Gasteiger charge is 2.12. The maximum atomic E-state index is 12.7. The summed E-state index contributed by atoms with van der Waals surface area (Å²) in [5.74, 6) is 0.820. The van der Waals surface area contributed by atoms with Gasteiger partial charge in [0.1, 0.15) is 24.2 Å². The third-order valence-electron chi connectivity index (χ3n) is 4.13. The van der Waals surface area contributed by atoms with Crippen LogP contribution in [0.25, 0.3) is 0 Å². The first-order valence-corrected chi connectivity index (χ1v) is 9.37. The number of nitriles is 1. The van der Waals surface area contributed by atoms with Crippen LogP contribution < -0.4 is 14.8 Å². The maximum Gasteiger partial charge on any atom is 0.255 e. The molecule has 0 bridgehead atoms. The van der Waals surface area contributed by atoms with Crippen LogP contribution in [0.15, 0.2) is 72.8 Å². The predicted octanol–water partition coefficient (Wildman–Crippen LogP) is 4.75. The smallest absolute Gasteiger partial charge is 0.255 e. The molecule has 0 aliphatic heterocycles. The summed E-state index contributed by atoms with van der Waals surface area (Å²) in [6, 6.07) is 23.7. The van der Waals surface area contributed by atoms with Crippen LogP contribution in [-0.4, -0.2) is 12.5 Å². The number of halogens is 1. The molecular formula is C23H19ClN2O3. The average molecular weight is 407 g/mol. The standard InChI is InChI=1S/C23H19ClN2O3/c24-21-10-3-1-7-18(21)16-29-22-11-4-2-9-20(22)23(27)26-15-17-6-5-8-19(14-17)28-13-12-25/h1-11,14H,13,15-16H2,(H,26,27). The van der Waals surface area contributed by atoms with E-state index in [4.69, 9.17) is 26.3 Å². The summed E-state index contributed by atoms with van der Waals surface area (Å²) < 4.78 is 11.1. The third kappa shape index (κ3) is 5.74. The lowest BCUT2D eigenvalue weighted by molar-refractivity contribution is 0.0946. The summed E-state index contributed by atoms with van der Waals surface area (Å²) in [6.07, 6.45) is 0. The number of ether oxygens (including phenoxy) is 2. The SMILES string of the molecule is N#CCOc1cccc(CNC(=O)c2ccccc2OCc2ccccc2Cl)c1. The number of nitrogens with one attached hydrogen (secondary N) is 1. The Morgan fingerprint density at radius 2 is 1.79 bits per heavy atom. The molecule has 3 aromatic carbocycles. The molecule has 0 aliphatic carbocycles. The normalized spacial score (nSPS) is 10.1. The van der Waals surface area contributed by atoms with E-state index in [1.54, 1.807) is 36.4 Å². The zero-order chi connectivity index (χ0) is 20.5. The molecule has 0 spiro atoms. The van der Waals surface area contributed by atoms with E-state index in [1.807, 2.05) is 42.5 Å². The highest BCUT2D eigenvalue weighted by atomic mass is 35.5. The fraction of sp³-hybridized carbons (Fsp3) is 0.130. The van der Waals surface area contributed by atoms with Crippen molar-refractivity contribution in [3.63, 3.8) is 0 Å². The molecule has 29 heavy (non-hydrogen) atoms. The molecule has 1 amide bonds. The number of para-hydroxylation sites is 1. The Labute approximate surface area is 174 Å². The number of amides is 1. The van der Waals surface area contributed by atoms with Crippen LogP contribution in [0, 0.1) is 11.3 Å². The molecule has 0 aliphatic rings. The van der Waals surface area contributed by atoms with Crippen molar-refractivity contribution >= 4 is 17.5 Å². The van der Waals surface area contributed by atoms with E-state index in [9.17, 15) is 4.79 Å². The highest BCUT2D eigenvalue weighted by Crippen LogP contribution is 2.22. The van der Waals surface area contributed by atoms with Gasteiger partial charge in [-0.2, -0.15) is 5.26 Å². The third-order valence-corrected chi connectivity index (χ3v) is 4.50. The Kier molecular flexibility index (Phi) is 7.10. The molecule has 146 valence electrons. The number of rotatable bonds is 8. The largest absolute Gasteiger partial charge is 0.488 e. The first-order chi connectivity index (χ1) is 14.2. The topological polar surface area (TPSA) is 71.3 Å². The summed E-state index contributed by atoms with van der Waals surface area (Å²) in [5, 5.41) is 12.1. The molecule has 3 aromatic rings. The molecule has 6 heteroatoms. The molecule has 0 unspecified atom stereocenters. The number of hydrogen-bond acceptors (Lipinski definition) is 4. The fourth-order valence-corrected chi connectivity index (χ4v) is 2.88. The van der Waals surface area contributed by atoms with Gasteiger partial charge in [0.05, 0.1) is 5.56 Å². The Morgan fingerprint density at radius 3 is 2.62 bits per heavy atom. The number of nitrogens with zero attached hydrogens (tertiary/aromatic N) is 1. The van der Waals surface area contributed by atoms with Crippen molar-refractivity contribution in [2.75, 3.05) is 6.61 Å². The van der Waals surface area contributed by atoms with Crippen molar-refractivity contribution in [2.45, 2.75) is 13.2 Å². The molecule has 3 rings (SSSR count). The van der Waals surface area contributed by atoms with Crippen molar-refractivity contribution < 1.29 is 14.3 Å². The molecule has 1 N–H and O–H groups in total. The van der Waals surface area contributed by atoms with Crippen LogP contribution in [0.3, 0.4) is 0 Å². The zero-order valence-electron chi connectivity index (χ0n) is 15.6. The number of benzene rings is 3. The average Bonchev–Trinajstić information content (AvgIpc) is 2.76. The lowest BCUT2D eigenvalue weighted by atomic mass is 10.1. The van der Waals surface area contributed by atoms with Gasteiger partial charge in [0.25, 0.3) is 5.91 Å². The van der Waals surface area contributed by atoms with Crippen molar-refractivity contribution in [1.82, 2.24) is 5.32 Å². The van der Waals surface area contributed by atoms with Crippen LogP contribution in [-0.2, 0) is 13.2 Å². The number of carbonyl (C=O) groups is 1. The summed E-state index contributed by atoms with van der Waals surface area (Å²) in [6.45, 7) is 0.565. The van der Waals surface area contributed by atoms with Gasteiger partial charge in [0.2, 0.25) is 0 Å². The van der Waals surface area contributed by atoms with E-state index in [2.05, 4.69) is 5.32 Å². The van der Waals surface area contributed by atoms with Crippen molar-refractivity contribution in [2.24, 2.45) is 0 Å². The van der Waals surface area contributed by atoms with E-state index >= 15 is 0 Å². The lowest BCUT2D eigenvalue weighted by Crippen LogP contribution is -2.23. The van der Waals surface area contributed by atoms with E-state index in [1.165, 1.54) is 0 Å². The Hall–Kier alpha value is -3.49. The number of carbonyl (C=O) groups excluding carboxylic acids is 1. The molecular weight excluding hydrogens is 388 g/mol. The van der Waals surface area contributed by atoms with Gasteiger partial charge in [-0.25, -0.2) is 0 Å². The van der Waals surface area contributed by atoms with Crippen LogP contribution in [0.1, 0.15) is 21.5 Å². The molecule has 0 atom stereocenters. The van der Waals surface area contributed by atoms with Gasteiger partial charge in [0, 0.05) is 17.1 Å². The molecule has 0 fully saturated rings. The minimum absolute atomic E-state index is 0.0219. The molecule has 0 saturated heterocycles. The van der Waals surface area contributed by atoms with Crippen molar-refractivity contribution in [3.8, 4) is 17.6 Å². The van der Waals surface area contributed by atoms with Gasteiger partial charge in [-0.15, -0.1) is 0 Å². The Balaban J connectivity index is 1.64. The highest BCUT2D eigenvalue weighted by molar-refractivity contribution is 6.31. The first-order valence-electron chi connectivity index (χ1n) is 8.99. The van der Waals surface area contributed by atoms with E-state index in [-0.39, 0.29) is 19.1 Å². The second-order valence-electron chi connectivity index (χ2n) is 6.15. The lowest BCUT2D eigenvalue weighted by Gasteiger charge is -2.13. The van der Waals surface area contributed by atoms with Gasteiger partial charge >= 0.3 is 0 Å². The summed E-state index contributed by atoms with van der Waals surface area (Å²) >= 11 is 6.17. The van der Waals surface area contributed by atoms with Crippen LogP contribution in [0.2, 0.25) is 5.02 Å². The predicted molar refractivity (Wildman–Crippen MR) is 111 cm³/mol. The minimum Gasteiger partial charge on any atom is -0.488 e. The molecule has 0 heterocycles. The fourth-order valence-electron chi connectivity index (χ4n) is 2.69. The van der Waals surface area contributed by atoms with Crippen LogP contribution >= 0.6 is 11.6 Å². The summed E-state index contributed by atoms with van der Waals surface area (Å²) in [4.78, 5) is 12.7. The monoisotopic (exact) mass is 406 g/mol. The summed E-state index contributed by atoms with van der Waals surface area (Å²) in [7, 11) is 0. The Morgan fingerprint density at radius 1 is 1.00 bits per heavy atom. The van der Waals surface area contributed by atoms with Gasteiger partial charge < -0.3 is 14.8 Å². The van der Waals surface area contributed by atoms with Crippen LogP contribution in [0.4, 0.5) is 0 Å². The maximum absolute atomic E-state index is 12.7. The molecule has 0 saturated carbocycles. The van der Waals surface area contributed by atoms with E-state index in [0.29, 0.717) is 28.6 Å². The molecule has 0 radical (unpaired) electrons. The summed E-state index contributed by atoms with van der Waals surface area (Å²) in [5.41, 5.74) is 2.15. The second-order valence-corrected chi connectivity index (χ2v) is 6.56. The van der Waals surface area contributed by atoms with E-state index < -0.39 is 0 Å².